The summed E-state index contributed by atoms with van der Waals surface area (Å²) in [7, 11) is 0. The number of rotatable bonds is 7. The topological polar surface area (TPSA) is 97.2 Å². The molecule has 168 valence electrons. The Morgan fingerprint density at radius 3 is 2.58 bits per heavy atom. The van der Waals surface area contributed by atoms with Gasteiger partial charge in [0.2, 0.25) is 0 Å². The summed E-state index contributed by atoms with van der Waals surface area (Å²) in [5, 5.41) is 7.63. The SMILES string of the molecule is C[C@H](NC(=O)c1cc(Cl)ccc1OCc1ccccc1Cl)c1ccc(-c2noc(=O)[nH]2)cc1. The summed E-state index contributed by atoms with van der Waals surface area (Å²) in [5.41, 5.74) is 2.67. The van der Waals surface area contributed by atoms with Crippen LogP contribution in [0.1, 0.15) is 34.5 Å². The lowest BCUT2D eigenvalue weighted by molar-refractivity contribution is 0.0935. The third-order valence-electron chi connectivity index (χ3n) is 5.00. The molecular formula is C24H19Cl2N3O4. The first-order valence-corrected chi connectivity index (χ1v) is 10.8. The zero-order chi connectivity index (χ0) is 23.4. The van der Waals surface area contributed by atoms with Crippen LogP contribution in [0.5, 0.6) is 5.75 Å². The Bertz CT molecular complexity index is 1330. The number of aromatic amines is 1. The van der Waals surface area contributed by atoms with Gasteiger partial charge in [-0.05, 0) is 36.8 Å². The maximum atomic E-state index is 13.0. The van der Waals surface area contributed by atoms with Gasteiger partial charge in [-0.3, -0.25) is 14.3 Å². The van der Waals surface area contributed by atoms with Crippen LogP contribution in [-0.4, -0.2) is 16.0 Å². The zero-order valence-corrected chi connectivity index (χ0v) is 19.0. The van der Waals surface area contributed by atoms with Crippen LogP contribution in [0.15, 0.2) is 76.0 Å². The van der Waals surface area contributed by atoms with Crippen LogP contribution in [0.4, 0.5) is 0 Å². The number of halogens is 2. The predicted molar refractivity (Wildman–Crippen MR) is 126 cm³/mol. The smallest absolute Gasteiger partial charge is 0.439 e. The number of benzene rings is 3. The summed E-state index contributed by atoms with van der Waals surface area (Å²) in [6.07, 6.45) is 0. The molecule has 4 aromatic rings. The standard InChI is InChI=1S/C24H19Cl2N3O4/c1-14(15-6-8-16(9-7-15)22-28-24(31)33-29-22)27-23(30)19-12-18(25)10-11-21(19)32-13-17-4-2-3-5-20(17)26/h2-12,14H,13H2,1H3,(H,27,30)(H,28,29,31)/t14-/m0/s1. The van der Waals surface area contributed by atoms with E-state index in [1.54, 1.807) is 36.4 Å². The van der Waals surface area contributed by atoms with Crippen molar-refractivity contribution in [2.45, 2.75) is 19.6 Å². The van der Waals surface area contributed by atoms with Gasteiger partial charge < -0.3 is 10.1 Å². The molecule has 33 heavy (non-hydrogen) atoms. The highest BCUT2D eigenvalue weighted by atomic mass is 35.5. The van der Waals surface area contributed by atoms with E-state index < -0.39 is 5.76 Å². The number of hydrogen-bond acceptors (Lipinski definition) is 5. The summed E-state index contributed by atoms with van der Waals surface area (Å²) in [5.74, 6) is -0.218. The maximum absolute atomic E-state index is 13.0. The summed E-state index contributed by atoms with van der Waals surface area (Å²) in [6, 6.07) is 19.2. The fourth-order valence-electron chi connectivity index (χ4n) is 3.22. The highest BCUT2D eigenvalue weighted by molar-refractivity contribution is 6.31. The fraction of sp³-hybridized carbons (Fsp3) is 0.125. The molecule has 0 aliphatic heterocycles. The van der Waals surface area contributed by atoms with Crippen LogP contribution < -0.4 is 15.8 Å². The monoisotopic (exact) mass is 483 g/mol. The van der Waals surface area contributed by atoms with E-state index in [0.717, 1.165) is 11.1 Å². The fourth-order valence-corrected chi connectivity index (χ4v) is 3.58. The molecule has 1 atom stereocenters. The molecule has 2 N–H and O–H groups in total. The Hall–Kier alpha value is -3.55. The molecule has 0 fully saturated rings. The molecule has 0 saturated carbocycles. The van der Waals surface area contributed by atoms with Gasteiger partial charge in [0.05, 0.1) is 11.6 Å². The first-order chi connectivity index (χ1) is 15.9. The van der Waals surface area contributed by atoms with Gasteiger partial charge in [0.25, 0.3) is 5.91 Å². The molecule has 1 heterocycles. The molecule has 0 radical (unpaired) electrons. The predicted octanol–water partition coefficient (Wildman–Crippen LogP) is 5.41. The van der Waals surface area contributed by atoms with Gasteiger partial charge in [-0.15, -0.1) is 0 Å². The molecule has 4 rings (SSSR count). The summed E-state index contributed by atoms with van der Waals surface area (Å²) in [4.78, 5) is 26.7. The summed E-state index contributed by atoms with van der Waals surface area (Å²) in [6.45, 7) is 2.07. The average Bonchev–Trinajstić information content (AvgIpc) is 3.25. The molecule has 9 heteroatoms. The zero-order valence-electron chi connectivity index (χ0n) is 17.5. The number of carbonyl (C=O) groups excluding carboxylic acids is 1. The number of amides is 1. The van der Waals surface area contributed by atoms with Crippen LogP contribution in [0.25, 0.3) is 11.4 Å². The van der Waals surface area contributed by atoms with E-state index in [9.17, 15) is 9.59 Å². The van der Waals surface area contributed by atoms with Gasteiger partial charge >= 0.3 is 5.76 Å². The van der Waals surface area contributed by atoms with Gasteiger partial charge in [-0.2, -0.15) is 0 Å². The van der Waals surface area contributed by atoms with Gasteiger partial charge in [0.1, 0.15) is 12.4 Å². The van der Waals surface area contributed by atoms with Crippen molar-refractivity contribution in [2.24, 2.45) is 0 Å². The second-order valence-electron chi connectivity index (χ2n) is 7.28. The Balaban J connectivity index is 1.47. The van der Waals surface area contributed by atoms with E-state index in [1.165, 1.54) is 0 Å². The Morgan fingerprint density at radius 1 is 1.12 bits per heavy atom. The Morgan fingerprint density at radius 2 is 1.88 bits per heavy atom. The van der Waals surface area contributed by atoms with Crippen molar-refractivity contribution in [3.8, 4) is 17.1 Å². The lowest BCUT2D eigenvalue weighted by Gasteiger charge is -2.17. The van der Waals surface area contributed by atoms with E-state index in [2.05, 4.69) is 20.0 Å². The molecule has 1 amide bonds. The Labute approximate surface area is 199 Å². The minimum atomic E-state index is -0.621. The molecule has 0 bridgehead atoms. The van der Waals surface area contributed by atoms with Crippen LogP contribution >= 0.6 is 23.2 Å². The second-order valence-corrected chi connectivity index (χ2v) is 8.12. The molecule has 0 aliphatic rings. The largest absolute Gasteiger partial charge is 0.488 e. The van der Waals surface area contributed by atoms with Crippen molar-refractivity contribution in [2.75, 3.05) is 0 Å². The number of H-pyrrole nitrogens is 1. The first kappa shape index (κ1) is 22.6. The maximum Gasteiger partial charge on any atom is 0.439 e. The van der Waals surface area contributed by atoms with Gasteiger partial charge in [0.15, 0.2) is 5.82 Å². The highest BCUT2D eigenvalue weighted by Crippen LogP contribution is 2.26. The number of hydrogen-bond donors (Lipinski definition) is 2. The minimum absolute atomic E-state index is 0.211. The van der Waals surface area contributed by atoms with E-state index in [0.29, 0.717) is 32.7 Å². The van der Waals surface area contributed by atoms with Crippen LogP contribution in [0, 0.1) is 0 Å². The van der Waals surface area contributed by atoms with Crippen LogP contribution in [-0.2, 0) is 6.61 Å². The van der Waals surface area contributed by atoms with Gasteiger partial charge in [-0.1, -0.05) is 70.8 Å². The molecule has 0 aliphatic carbocycles. The third-order valence-corrected chi connectivity index (χ3v) is 5.60. The van der Waals surface area contributed by atoms with Crippen LogP contribution in [0.3, 0.4) is 0 Å². The van der Waals surface area contributed by atoms with E-state index in [-0.39, 0.29) is 18.6 Å². The third kappa shape index (κ3) is 5.45. The van der Waals surface area contributed by atoms with Crippen molar-refractivity contribution >= 4 is 29.1 Å². The van der Waals surface area contributed by atoms with Gasteiger partial charge in [-0.25, -0.2) is 4.79 Å². The molecule has 7 nitrogen and oxygen atoms in total. The number of nitrogens with one attached hydrogen (secondary N) is 2. The Kier molecular flexibility index (Phi) is 6.82. The van der Waals surface area contributed by atoms with Crippen molar-refractivity contribution < 1.29 is 14.1 Å². The normalized spacial score (nSPS) is 11.7. The summed E-state index contributed by atoms with van der Waals surface area (Å²) < 4.78 is 10.4. The quantitative estimate of drug-likeness (QED) is 0.366. The highest BCUT2D eigenvalue weighted by Gasteiger charge is 2.17. The molecule has 1 aromatic heterocycles. The van der Waals surface area contributed by atoms with E-state index in [4.69, 9.17) is 27.9 Å². The average molecular weight is 484 g/mol. The molecule has 0 saturated heterocycles. The van der Waals surface area contributed by atoms with E-state index >= 15 is 0 Å². The first-order valence-electron chi connectivity index (χ1n) is 10.0. The van der Waals surface area contributed by atoms with Crippen molar-refractivity contribution in [3.63, 3.8) is 0 Å². The number of carbonyl (C=O) groups is 1. The summed E-state index contributed by atoms with van der Waals surface area (Å²) >= 11 is 12.3. The van der Waals surface area contributed by atoms with Crippen molar-refractivity contribution in [1.29, 1.82) is 0 Å². The number of nitrogens with zero attached hydrogens (tertiary/aromatic N) is 1. The molecule has 0 spiro atoms. The number of ether oxygens (including phenoxy) is 1. The van der Waals surface area contributed by atoms with Crippen LogP contribution in [0.2, 0.25) is 10.0 Å². The van der Waals surface area contributed by atoms with E-state index in [1.807, 2.05) is 37.3 Å². The van der Waals surface area contributed by atoms with Crippen molar-refractivity contribution in [1.82, 2.24) is 15.5 Å². The molecular weight excluding hydrogens is 465 g/mol. The second kappa shape index (κ2) is 9.94. The number of aromatic nitrogens is 2. The minimum Gasteiger partial charge on any atom is -0.488 e. The lowest BCUT2D eigenvalue weighted by atomic mass is 10.0. The van der Waals surface area contributed by atoms with Gasteiger partial charge in [0, 0.05) is 21.2 Å². The molecule has 3 aromatic carbocycles. The van der Waals surface area contributed by atoms with Crippen molar-refractivity contribution in [3.05, 3.63) is 104 Å². The molecule has 0 unspecified atom stereocenters. The lowest BCUT2D eigenvalue weighted by Crippen LogP contribution is -2.27.